The maximum Gasteiger partial charge on any atom is 0.419 e. The molecule has 5 heteroatoms. The van der Waals surface area contributed by atoms with Gasteiger partial charge in [-0.15, -0.1) is 0 Å². The Hall–Kier alpha value is -1.10. The summed E-state index contributed by atoms with van der Waals surface area (Å²) in [5, 5.41) is 0. The predicted octanol–water partition coefficient (Wildman–Crippen LogP) is 3.44. The first-order valence-electron chi connectivity index (χ1n) is 5.52. The monoisotopic (exact) mass is 247 g/mol. The van der Waals surface area contributed by atoms with E-state index in [-0.39, 0.29) is 12.0 Å². The van der Waals surface area contributed by atoms with E-state index in [1.54, 1.807) is 0 Å². The predicted molar refractivity (Wildman–Crippen MR) is 56.0 cm³/mol. The van der Waals surface area contributed by atoms with Crippen LogP contribution in [0.1, 0.15) is 36.3 Å². The van der Waals surface area contributed by atoms with E-state index < -0.39 is 17.6 Å². The molecule has 0 aliphatic heterocycles. The molecule has 0 heterocycles. The van der Waals surface area contributed by atoms with Gasteiger partial charge in [0.15, 0.2) is 0 Å². The van der Waals surface area contributed by atoms with Crippen LogP contribution in [0.15, 0.2) is 18.2 Å². The number of benzene rings is 1. The Balaban J connectivity index is 2.37. The summed E-state index contributed by atoms with van der Waals surface area (Å²) in [6, 6.07) is 3.05. The minimum atomic E-state index is -4.65. The first-order valence-corrected chi connectivity index (χ1v) is 5.52. The van der Waals surface area contributed by atoms with Crippen molar-refractivity contribution in [2.45, 2.75) is 37.4 Å². The molecule has 0 saturated heterocycles. The smallest absolute Gasteiger partial charge is 0.327 e. The molecule has 17 heavy (non-hydrogen) atoms. The van der Waals surface area contributed by atoms with Gasteiger partial charge in [-0.1, -0.05) is 12.5 Å². The van der Waals surface area contributed by atoms with E-state index >= 15 is 0 Å². The molecule has 1 aliphatic rings. The summed E-state index contributed by atoms with van der Waals surface area (Å²) in [5.41, 5.74) is 5.12. The summed E-state index contributed by atoms with van der Waals surface area (Å²) < 4.78 is 50.7. The third-order valence-corrected chi connectivity index (χ3v) is 3.29. The van der Waals surface area contributed by atoms with Crippen LogP contribution in [-0.2, 0) is 6.18 Å². The highest BCUT2D eigenvalue weighted by Crippen LogP contribution is 2.37. The van der Waals surface area contributed by atoms with E-state index in [0.717, 1.165) is 31.4 Å². The second-order valence-corrected chi connectivity index (χ2v) is 4.44. The van der Waals surface area contributed by atoms with E-state index in [4.69, 9.17) is 5.73 Å². The fraction of sp³-hybridized carbons (Fsp3) is 0.500. The number of alkyl halides is 3. The Labute approximate surface area is 96.6 Å². The summed E-state index contributed by atoms with van der Waals surface area (Å²) in [6.07, 6.45) is -2.17. The van der Waals surface area contributed by atoms with Gasteiger partial charge in [0.1, 0.15) is 5.82 Å². The van der Waals surface area contributed by atoms with E-state index in [1.165, 1.54) is 6.07 Å². The van der Waals surface area contributed by atoms with Crippen molar-refractivity contribution >= 4 is 0 Å². The van der Waals surface area contributed by atoms with Gasteiger partial charge >= 0.3 is 6.18 Å². The van der Waals surface area contributed by atoms with Crippen molar-refractivity contribution in [3.63, 3.8) is 0 Å². The minimum absolute atomic E-state index is 0.0864. The van der Waals surface area contributed by atoms with Gasteiger partial charge in [-0.25, -0.2) is 4.39 Å². The van der Waals surface area contributed by atoms with Crippen LogP contribution in [0.2, 0.25) is 0 Å². The second kappa shape index (κ2) is 4.29. The zero-order valence-corrected chi connectivity index (χ0v) is 9.10. The molecular formula is C12H13F4N. The van der Waals surface area contributed by atoms with Crippen LogP contribution in [0.3, 0.4) is 0 Å². The van der Waals surface area contributed by atoms with Crippen LogP contribution in [0.5, 0.6) is 0 Å². The normalized spacial score (nSPS) is 25.2. The molecule has 1 aromatic carbocycles. The number of hydrogen-bond acceptors (Lipinski definition) is 1. The Bertz CT molecular complexity index is 413. The van der Waals surface area contributed by atoms with Gasteiger partial charge in [0.25, 0.3) is 0 Å². The molecule has 1 aliphatic carbocycles. The zero-order valence-electron chi connectivity index (χ0n) is 9.10. The fourth-order valence-electron chi connectivity index (χ4n) is 2.39. The second-order valence-electron chi connectivity index (χ2n) is 4.44. The standard InChI is InChI=1S/C12H13F4N/c13-10-5-4-7(6-9(10)12(14,15)16)8-2-1-3-11(8)17/h4-6,8,11H,1-3,17H2. The molecule has 0 bridgehead atoms. The van der Waals surface area contributed by atoms with Crippen molar-refractivity contribution < 1.29 is 17.6 Å². The minimum Gasteiger partial charge on any atom is -0.327 e. The van der Waals surface area contributed by atoms with E-state index in [0.29, 0.717) is 5.56 Å². The van der Waals surface area contributed by atoms with Crippen LogP contribution < -0.4 is 5.73 Å². The highest BCUT2D eigenvalue weighted by Gasteiger charge is 2.35. The highest BCUT2D eigenvalue weighted by atomic mass is 19.4. The molecule has 0 spiro atoms. The number of rotatable bonds is 1. The molecule has 0 radical (unpaired) electrons. The number of halogens is 4. The van der Waals surface area contributed by atoms with E-state index in [1.807, 2.05) is 0 Å². The Morgan fingerprint density at radius 1 is 1.18 bits per heavy atom. The quantitative estimate of drug-likeness (QED) is 0.756. The van der Waals surface area contributed by atoms with Crippen LogP contribution in [0.4, 0.5) is 17.6 Å². The average Bonchev–Trinajstić information content (AvgIpc) is 2.63. The molecule has 0 amide bonds. The molecule has 1 nitrogen and oxygen atoms in total. The van der Waals surface area contributed by atoms with Gasteiger partial charge in [0.05, 0.1) is 5.56 Å². The largest absolute Gasteiger partial charge is 0.419 e. The molecule has 2 unspecified atom stereocenters. The van der Waals surface area contributed by atoms with Gasteiger partial charge in [0.2, 0.25) is 0 Å². The summed E-state index contributed by atoms with van der Waals surface area (Å²) in [4.78, 5) is 0. The van der Waals surface area contributed by atoms with Crippen molar-refractivity contribution in [2.24, 2.45) is 5.73 Å². The van der Waals surface area contributed by atoms with Crippen molar-refractivity contribution in [3.8, 4) is 0 Å². The molecule has 2 atom stereocenters. The fourth-order valence-corrected chi connectivity index (χ4v) is 2.39. The highest BCUT2D eigenvalue weighted by molar-refractivity contribution is 5.31. The molecule has 0 aromatic heterocycles. The van der Waals surface area contributed by atoms with Gasteiger partial charge in [-0.2, -0.15) is 13.2 Å². The maximum atomic E-state index is 13.1. The van der Waals surface area contributed by atoms with Crippen molar-refractivity contribution in [1.29, 1.82) is 0 Å². The first kappa shape index (κ1) is 12.4. The van der Waals surface area contributed by atoms with E-state index in [9.17, 15) is 17.6 Å². The molecule has 2 rings (SSSR count). The maximum absolute atomic E-state index is 13.1. The number of nitrogens with two attached hydrogens (primary N) is 1. The molecule has 2 N–H and O–H groups in total. The third-order valence-electron chi connectivity index (χ3n) is 3.29. The summed E-state index contributed by atoms with van der Waals surface area (Å²) in [7, 11) is 0. The van der Waals surface area contributed by atoms with Crippen LogP contribution in [-0.4, -0.2) is 6.04 Å². The SMILES string of the molecule is NC1CCCC1c1ccc(F)c(C(F)(F)F)c1. The molecule has 1 saturated carbocycles. The lowest BCUT2D eigenvalue weighted by Gasteiger charge is -2.17. The van der Waals surface area contributed by atoms with Gasteiger partial charge in [-0.3, -0.25) is 0 Å². The van der Waals surface area contributed by atoms with Crippen LogP contribution >= 0.6 is 0 Å². The van der Waals surface area contributed by atoms with Gasteiger partial charge in [0, 0.05) is 6.04 Å². The van der Waals surface area contributed by atoms with Crippen molar-refractivity contribution in [3.05, 3.63) is 35.1 Å². The Morgan fingerprint density at radius 3 is 2.41 bits per heavy atom. The van der Waals surface area contributed by atoms with Crippen LogP contribution in [0.25, 0.3) is 0 Å². The number of hydrogen-bond donors (Lipinski definition) is 1. The van der Waals surface area contributed by atoms with Gasteiger partial charge < -0.3 is 5.73 Å². The average molecular weight is 247 g/mol. The molecule has 1 fully saturated rings. The topological polar surface area (TPSA) is 26.0 Å². The van der Waals surface area contributed by atoms with Gasteiger partial charge in [-0.05, 0) is 36.5 Å². The van der Waals surface area contributed by atoms with E-state index in [2.05, 4.69) is 0 Å². The Kier molecular flexibility index (Phi) is 3.12. The summed E-state index contributed by atoms with van der Waals surface area (Å²) in [6.45, 7) is 0. The lowest BCUT2D eigenvalue weighted by atomic mass is 9.93. The lowest BCUT2D eigenvalue weighted by molar-refractivity contribution is -0.140. The lowest BCUT2D eigenvalue weighted by Crippen LogP contribution is -2.23. The summed E-state index contributed by atoms with van der Waals surface area (Å²) >= 11 is 0. The van der Waals surface area contributed by atoms with Crippen molar-refractivity contribution in [1.82, 2.24) is 0 Å². The molecule has 94 valence electrons. The first-order chi connectivity index (χ1) is 7.89. The molecular weight excluding hydrogens is 234 g/mol. The zero-order chi connectivity index (χ0) is 12.6. The molecule has 1 aromatic rings. The summed E-state index contributed by atoms with van der Waals surface area (Å²) in [5.74, 6) is -1.32. The Morgan fingerprint density at radius 2 is 1.88 bits per heavy atom. The van der Waals surface area contributed by atoms with Crippen LogP contribution in [0, 0.1) is 5.82 Å². The van der Waals surface area contributed by atoms with Crippen molar-refractivity contribution in [2.75, 3.05) is 0 Å². The third kappa shape index (κ3) is 2.44.